The Bertz CT molecular complexity index is 342. The number of carboxylic acid groups (broad SMARTS) is 1. The molecule has 0 aromatic carbocycles. The van der Waals surface area contributed by atoms with Crippen molar-refractivity contribution >= 4 is 16.4 Å². The summed E-state index contributed by atoms with van der Waals surface area (Å²) < 4.78 is 34.0. The lowest BCUT2D eigenvalue weighted by Gasteiger charge is -2.30. The monoisotopic (exact) mass is 256 g/mol. The van der Waals surface area contributed by atoms with Crippen LogP contribution in [-0.2, 0) is 15.2 Å². The number of quaternary nitrogens is 1. The van der Waals surface area contributed by atoms with Crippen LogP contribution in [0.15, 0.2) is 0 Å². The zero-order chi connectivity index (χ0) is 13.0. The van der Waals surface area contributed by atoms with Gasteiger partial charge in [-0.1, -0.05) is 3.89 Å². The molecule has 0 N–H and O–H groups in total. The van der Waals surface area contributed by atoms with Gasteiger partial charge in [0.15, 0.2) is 0 Å². The van der Waals surface area contributed by atoms with Crippen molar-refractivity contribution in [1.82, 2.24) is 4.31 Å². The number of likely N-dealkylation sites (N-methyl/N-ethyl adjacent to an activating group) is 1. The minimum absolute atomic E-state index is 0.0214. The van der Waals surface area contributed by atoms with Crippen molar-refractivity contribution < 1.29 is 26.7 Å². The van der Waals surface area contributed by atoms with Crippen LogP contribution in [0.3, 0.4) is 0 Å². The Hall–Kier alpha value is -0.730. The van der Waals surface area contributed by atoms with Gasteiger partial charge in [0.05, 0.1) is 26.6 Å². The van der Waals surface area contributed by atoms with Crippen LogP contribution in [0, 0.1) is 0 Å². The van der Waals surface area contributed by atoms with Gasteiger partial charge >= 0.3 is 10.4 Å². The third kappa shape index (κ3) is 6.70. The number of rotatable bonds is 7. The minimum Gasteiger partial charge on any atom is -0.544 e. The molecule has 0 unspecified atom stereocenters. The summed E-state index contributed by atoms with van der Waals surface area (Å²) in [5.41, 5.74) is 0. The molecule has 0 amide bonds. The van der Waals surface area contributed by atoms with Crippen LogP contribution in [-0.4, -0.2) is 64.0 Å². The molecule has 0 spiro atoms. The summed E-state index contributed by atoms with van der Waals surface area (Å²) in [5, 5.41) is 10.4. The number of halogens is 1. The van der Waals surface area contributed by atoms with Crippen molar-refractivity contribution in [3.05, 3.63) is 0 Å². The van der Waals surface area contributed by atoms with E-state index in [4.69, 9.17) is 0 Å². The molecule has 0 atom stereocenters. The van der Waals surface area contributed by atoms with Gasteiger partial charge in [0.25, 0.3) is 0 Å². The minimum atomic E-state index is -4.65. The van der Waals surface area contributed by atoms with Gasteiger partial charge in [0, 0.05) is 20.0 Å². The van der Waals surface area contributed by atoms with Crippen molar-refractivity contribution in [2.45, 2.75) is 6.42 Å². The number of carboxylic acids is 1. The number of aliphatic carboxylic acids is 1. The standard InChI is InChI=1S/C8H17FN2O4S/c1-10(16(9,14)15)5-4-6-11(2,3)7-8(12)13/h4-7H2,1-3H3. The first-order valence-electron chi connectivity index (χ1n) is 4.72. The Balaban J connectivity index is 4.03. The highest BCUT2D eigenvalue weighted by Gasteiger charge is 2.19. The fourth-order valence-corrected chi connectivity index (χ4v) is 1.61. The molecule has 6 nitrogen and oxygen atoms in total. The molecule has 0 aliphatic rings. The summed E-state index contributed by atoms with van der Waals surface area (Å²) in [6.45, 7) is 0.285. The van der Waals surface area contributed by atoms with Crippen LogP contribution in [0.2, 0.25) is 0 Å². The SMILES string of the molecule is CN(CCC[N+](C)(C)CC(=O)[O-])S(=O)(=O)F. The van der Waals surface area contributed by atoms with Crippen molar-refractivity contribution in [3.8, 4) is 0 Å². The summed E-state index contributed by atoms with van der Waals surface area (Å²) in [5.74, 6) is -1.17. The normalized spacial score (nSPS) is 13.1. The zero-order valence-electron chi connectivity index (χ0n) is 9.64. The number of hydrogen-bond acceptors (Lipinski definition) is 4. The van der Waals surface area contributed by atoms with Gasteiger partial charge in [0.1, 0.15) is 6.54 Å². The van der Waals surface area contributed by atoms with Gasteiger partial charge in [-0.15, -0.1) is 0 Å². The van der Waals surface area contributed by atoms with Crippen LogP contribution in [0.1, 0.15) is 6.42 Å². The molecule has 0 radical (unpaired) electrons. The van der Waals surface area contributed by atoms with E-state index in [1.165, 1.54) is 0 Å². The van der Waals surface area contributed by atoms with E-state index in [2.05, 4.69) is 0 Å². The van der Waals surface area contributed by atoms with E-state index in [1.807, 2.05) is 0 Å². The van der Waals surface area contributed by atoms with Gasteiger partial charge in [-0.2, -0.15) is 12.7 Å². The van der Waals surface area contributed by atoms with Crippen LogP contribution in [0.5, 0.6) is 0 Å². The Labute approximate surface area is 95.2 Å². The highest BCUT2D eigenvalue weighted by Crippen LogP contribution is 2.03. The lowest BCUT2D eigenvalue weighted by Crippen LogP contribution is -2.49. The van der Waals surface area contributed by atoms with Crippen molar-refractivity contribution in [2.75, 3.05) is 40.8 Å². The summed E-state index contributed by atoms with van der Waals surface area (Å²) >= 11 is 0. The molecule has 0 fully saturated rings. The maximum atomic E-state index is 12.4. The first-order valence-corrected chi connectivity index (χ1v) is 6.06. The van der Waals surface area contributed by atoms with Crippen molar-refractivity contribution in [1.29, 1.82) is 0 Å². The maximum Gasteiger partial charge on any atom is 0.374 e. The Morgan fingerprint density at radius 3 is 2.31 bits per heavy atom. The van der Waals surface area contributed by atoms with E-state index in [0.29, 0.717) is 17.3 Å². The van der Waals surface area contributed by atoms with E-state index in [-0.39, 0.29) is 17.6 Å². The average Bonchev–Trinajstić information content (AvgIpc) is 1.98. The molecule has 0 rings (SSSR count). The van der Waals surface area contributed by atoms with Gasteiger partial charge < -0.3 is 14.4 Å². The lowest BCUT2D eigenvalue weighted by atomic mass is 10.3. The van der Waals surface area contributed by atoms with Gasteiger partial charge in [-0.25, -0.2) is 0 Å². The van der Waals surface area contributed by atoms with E-state index in [9.17, 15) is 22.2 Å². The van der Waals surface area contributed by atoms with E-state index in [1.54, 1.807) is 14.1 Å². The molecular weight excluding hydrogens is 239 g/mol. The van der Waals surface area contributed by atoms with Crippen LogP contribution in [0.25, 0.3) is 0 Å². The van der Waals surface area contributed by atoms with Crippen LogP contribution >= 0.6 is 0 Å². The Kier molecular flexibility index (Phi) is 5.30. The third-order valence-electron chi connectivity index (χ3n) is 2.17. The summed E-state index contributed by atoms with van der Waals surface area (Å²) in [7, 11) is -0.152. The first kappa shape index (κ1) is 15.3. The second-order valence-corrected chi connectivity index (χ2v) is 5.75. The van der Waals surface area contributed by atoms with Crippen molar-refractivity contribution in [2.24, 2.45) is 0 Å². The highest BCUT2D eigenvalue weighted by molar-refractivity contribution is 7.83. The van der Waals surface area contributed by atoms with Crippen molar-refractivity contribution in [3.63, 3.8) is 0 Å². The fourth-order valence-electron chi connectivity index (χ4n) is 1.26. The second kappa shape index (κ2) is 5.55. The molecule has 96 valence electrons. The first-order chi connectivity index (χ1) is 7.04. The molecule has 0 aromatic heterocycles. The predicted molar refractivity (Wildman–Crippen MR) is 54.1 cm³/mol. The number of hydrogen-bond donors (Lipinski definition) is 0. The van der Waals surface area contributed by atoms with Gasteiger partial charge in [0.2, 0.25) is 0 Å². The molecule has 0 bridgehead atoms. The predicted octanol–water partition coefficient (Wildman–Crippen LogP) is -1.65. The molecule has 0 aliphatic heterocycles. The van der Waals surface area contributed by atoms with Gasteiger partial charge in [-0.05, 0) is 0 Å². The van der Waals surface area contributed by atoms with E-state index >= 15 is 0 Å². The summed E-state index contributed by atoms with van der Waals surface area (Å²) in [6, 6.07) is 0. The quantitative estimate of drug-likeness (QED) is 0.404. The second-order valence-electron chi connectivity index (χ2n) is 4.31. The molecular formula is C8H17FN2O4S. The summed E-state index contributed by atoms with van der Waals surface area (Å²) in [6.07, 6.45) is 0.375. The number of carbonyl (C=O) groups is 1. The van der Waals surface area contributed by atoms with Crippen LogP contribution < -0.4 is 5.11 Å². The molecule has 0 aliphatic carbocycles. The Morgan fingerprint density at radius 1 is 1.44 bits per heavy atom. The molecule has 0 aromatic rings. The number of nitrogens with zero attached hydrogens (tertiary/aromatic N) is 2. The highest BCUT2D eigenvalue weighted by atomic mass is 32.3. The average molecular weight is 256 g/mol. The van der Waals surface area contributed by atoms with E-state index < -0.39 is 16.4 Å². The molecule has 0 heterocycles. The van der Waals surface area contributed by atoms with Gasteiger partial charge in [-0.3, -0.25) is 0 Å². The largest absolute Gasteiger partial charge is 0.544 e. The molecule has 16 heavy (non-hydrogen) atoms. The third-order valence-corrected chi connectivity index (χ3v) is 3.09. The lowest BCUT2D eigenvalue weighted by molar-refractivity contribution is -0.884. The maximum absolute atomic E-state index is 12.4. The molecule has 8 heteroatoms. The fraction of sp³-hybridized carbons (Fsp3) is 0.875. The molecule has 0 saturated heterocycles. The Morgan fingerprint density at radius 2 is 1.94 bits per heavy atom. The zero-order valence-corrected chi connectivity index (χ0v) is 10.5. The number of carbonyl (C=O) groups excluding carboxylic acids is 1. The topological polar surface area (TPSA) is 77.5 Å². The summed E-state index contributed by atoms with van der Waals surface area (Å²) in [4.78, 5) is 10.4. The van der Waals surface area contributed by atoms with E-state index in [0.717, 1.165) is 7.05 Å². The smallest absolute Gasteiger partial charge is 0.374 e. The van der Waals surface area contributed by atoms with Crippen LogP contribution in [0.4, 0.5) is 3.89 Å². The molecule has 0 saturated carbocycles.